The molecule has 0 radical (unpaired) electrons. The van der Waals surface area contributed by atoms with Crippen LogP contribution >= 0.6 is 0 Å². The van der Waals surface area contributed by atoms with Crippen LogP contribution in [0.25, 0.3) is 0 Å². The van der Waals surface area contributed by atoms with E-state index in [1.165, 1.54) is 0 Å². The average molecular weight is 317 g/mol. The van der Waals surface area contributed by atoms with Gasteiger partial charge in [-0.05, 0) is 25.0 Å². The Bertz CT molecular complexity index is 663. The number of amides is 2. The molecule has 0 saturated carbocycles. The maximum Gasteiger partial charge on any atom is 0.415 e. The fourth-order valence-electron chi connectivity index (χ4n) is 3.47. The summed E-state index contributed by atoms with van der Waals surface area (Å²) in [5.74, 6) is 0.736. The Morgan fingerprint density at radius 2 is 2.13 bits per heavy atom. The largest absolute Gasteiger partial charge is 0.489 e. The summed E-state index contributed by atoms with van der Waals surface area (Å²) in [4.78, 5) is 27.6. The number of cyclic esters (lactones) is 1. The van der Waals surface area contributed by atoms with Gasteiger partial charge < -0.3 is 20.1 Å². The number of carbonyl (C=O) groups is 2. The quantitative estimate of drug-likeness (QED) is 0.887. The highest BCUT2D eigenvalue weighted by atomic mass is 16.6. The maximum absolute atomic E-state index is 12.1. The smallest absolute Gasteiger partial charge is 0.415 e. The molecular weight excluding hydrogens is 298 g/mol. The van der Waals surface area contributed by atoms with Gasteiger partial charge in [0.2, 0.25) is 5.91 Å². The number of nitrogens with two attached hydrogens (primary N) is 1. The summed E-state index contributed by atoms with van der Waals surface area (Å²) in [5.41, 5.74) is 7.15. The lowest BCUT2D eigenvalue weighted by Crippen LogP contribution is -2.46. The van der Waals surface area contributed by atoms with Crippen LogP contribution in [-0.2, 0) is 9.53 Å². The van der Waals surface area contributed by atoms with Crippen molar-refractivity contribution in [3.05, 3.63) is 18.2 Å². The zero-order valence-corrected chi connectivity index (χ0v) is 12.7. The van der Waals surface area contributed by atoms with Crippen LogP contribution in [0.3, 0.4) is 0 Å². The standard InChI is InChI=1S/C16H19N3O4/c17-8-14-12-9-22-13-7-10(18-6-2-1-3-15(18)20)4-5-11(13)19(12)16(21)23-14/h4-5,7,12,14H,1-3,6,8-9,17H2. The van der Waals surface area contributed by atoms with Crippen molar-refractivity contribution in [2.75, 3.05) is 29.5 Å². The molecule has 3 aliphatic rings. The summed E-state index contributed by atoms with van der Waals surface area (Å²) in [7, 11) is 0. The van der Waals surface area contributed by atoms with Gasteiger partial charge >= 0.3 is 6.09 Å². The molecule has 0 aliphatic carbocycles. The molecule has 4 rings (SSSR count). The summed E-state index contributed by atoms with van der Waals surface area (Å²) in [6.07, 6.45) is 1.79. The minimum absolute atomic E-state index is 0.133. The molecule has 23 heavy (non-hydrogen) atoms. The Morgan fingerprint density at radius 1 is 1.26 bits per heavy atom. The van der Waals surface area contributed by atoms with Crippen molar-refractivity contribution >= 4 is 23.4 Å². The first-order chi connectivity index (χ1) is 11.2. The number of fused-ring (bicyclic) bond motifs is 3. The molecule has 3 aliphatic heterocycles. The number of ether oxygens (including phenoxy) is 2. The molecule has 122 valence electrons. The summed E-state index contributed by atoms with van der Waals surface area (Å²) in [6, 6.07) is 5.32. The maximum atomic E-state index is 12.1. The van der Waals surface area contributed by atoms with E-state index in [1.54, 1.807) is 9.80 Å². The van der Waals surface area contributed by atoms with Crippen molar-refractivity contribution in [1.29, 1.82) is 0 Å². The van der Waals surface area contributed by atoms with Crippen molar-refractivity contribution in [3.8, 4) is 5.75 Å². The number of carbonyl (C=O) groups excluding carboxylic acids is 2. The number of anilines is 2. The normalized spacial score (nSPS) is 26.5. The number of nitrogens with zero attached hydrogens (tertiary/aromatic N) is 2. The first-order valence-electron chi connectivity index (χ1n) is 7.96. The van der Waals surface area contributed by atoms with Gasteiger partial charge in [0.05, 0.1) is 5.69 Å². The van der Waals surface area contributed by atoms with Crippen LogP contribution in [0.15, 0.2) is 18.2 Å². The molecule has 2 atom stereocenters. The zero-order valence-electron chi connectivity index (χ0n) is 12.7. The van der Waals surface area contributed by atoms with E-state index in [1.807, 2.05) is 18.2 Å². The highest BCUT2D eigenvalue weighted by Gasteiger charge is 2.46. The summed E-state index contributed by atoms with van der Waals surface area (Å²) >= 11 is 0. The van der Waals surface area contributed by atoms with E-state index in [2.05, 4.69) is 0 Å². The van der Waals surface area contributed by atoms with Crippen molar-refractivity contribution in [3.63, 3.8) is 0 Å². The lowest BCUT2D eigenvalue weighted by molar-refractivity contribution is -0.119. The number of rotatable bonds is 2. The van der Waals surface area contributed by atoms with Gasteiger partial charge in [0.15, 0.2) is 0 Å². The predicted octanol–water partition coefficient (Wildman–Crippen LogP) is 1.25. The van der Waals surface area contributed by atoms with Crippen LogP contribution in [0.4, 0.5) is 16.2 Å². The predicted molar refractivity (Wildman–Crippen MR) is 83.7 cm³/mol. The van der Waals surface area contributed by atoms with E-state index in [0.717, 1.165) is 25.1 Å². The van der Waals surface area contributed by atoms with Crippen LogP contribution < -0.4 is 20.3 Å². The average Bonchev–Trinajstić information content (AvgIpc) is 2.91. The Kier molecular flexibility index (Phi) is 3.37. The molecular formula is C16H19N3O4. The second-order valence-corrected chi connectivity index (χ2v) is 6.06. The zero-order chi connectivity index (χ0) is 16.0. The van der Waals surface area contributed by atoms with Crippen molar-refractivity contribution in [2.24, 2.45) is 5.73 Å². The van der Waals surface area contributed by atoms with Crippen molar-refractivity contribution < 1.29 is 19.1 Å². The molecule has 0 bridgehead atoms. The third-order valence-corrected chi connectivity index (χ3v) is 4.69. The summed E-state index contributed by atoms with van der Waals surface area (Å²) in [5, 5.41) is 0. The third kappa shape index (κ3) is 2.23. The van der Waals surface area contributed by atoms with Crippen LogP contribution in [0.2, 0.25) is 0 Å². The van der Waals surface area contributed by atoms with Crippen molar-refractivity contribution in [2.45, 2.75) is 31.4 Å². The summed E-state index contributed by atoms with van der Waals surface area (Å²) < 4.78 is 11.1. The fraction of sp³-hybridized carbons (Fsp3) is 0.500. The van der Waals surface area contributed by atoms with E-state index < -0.39 is 6.09 Å². The lowest BCUT2D eigenvalue weighted by Gasteiger charge is -2.33. The Morgan fingerprint density at radius 3 is 2.91 bits per heavy atom. The van der Waals surface area contributed by atoms with Gasteiger partial charge in [0.25, 0.3) is 0 Å². The highest BCUT2D eigenvalue weighted by molar-refractivity contribution is 5.97. The van der Waals surface area contributed by atoms with Crippen LogP contribution in [0, 0.1) is 0 Å². The number of piperidine rings is 1. The van der Waals surface area contributed by atoms with E-state index in [9.17, 15) is 9.59 Å². The fourth-order valence-corrected chi connectivity index (χ4v) is 3.47. The molecule has 2 fully saturated rings. The van der Waals surface area contributed by atoms with Gasteiger partial charge in [0.1, 0.15) is 24.5 Å². The molecule has 2 N–H and O–H groups in total. The minimum Gasteiger partial charge on any atom is -0.489 e. The molecule has 0 aromatic heterocycles. The SMILES string of the molecule is NCC1OC(=O)N2c3ccc(N4CCCCC4=O)cc3OCC12. The molecule has 1 aromatic carbocycles. The third-order valence-electron chi connectivity index (χ3n) is 4.69. The van der Waals surface area contributed by atoms with Gasteiger partial charge in [-0.3, -0.25) is 9.69 Å². The second kappa shape index (κ2) is 5.42. The van der Waals surface area contributed by atoms with Gasteiger partial charge in [-0.25, -0.2) is 4.79 Å². The first kappa shape index (κ1) is 14.3. The molecule has 7 nitrogen and oxygen atoms in total. The van der Waals surface area contributed by atoms with Crippen molar-refractivity contribution in [1.82, 2.24) is 0 Å². The molecule has 1 aromatic rings. The molecule has 7 heteroatoms. The molecule has 2 amide bonds. The summed E-state index contributed by atoms with van der Waals surface area (Å²) in [6.45, 7) is 1.34. The molecule has 3 heterocycles. The van der Waals surface area contributed by atoms with Gasteiger partial charge in [-0.15, -0.1) is 0 Å². The molecule has 2 unspecified atom stereocenters. The molecule has 0 spiro atoms. The first-order valence-corrected chi connectivity index (χ1v) is 7.96. The van der Waals surface area contributed by atoms with E-state index in [-0.39, 0.29) is 24.6 Å². The number of hydrogen-bond donors (Lipinski definition) is 1. The van der Waals surface area contributed by atoms with Gasteiger partial charge in [-0.1, -0.05) is 0 Å². The number of benzene rings is 1. The molecule has 2 saturated heterocycles. The Labute approximate surface area is 133 Å². The topological polar surface area (TPSA) is 85.1 Å². The van der Waals surface area contributed by atoms with Crippen LogP contribution in [-0.4, -0.2) is 43.8 Å². The van der Waals surface area contributed by atoms with E-state index in [0.29, 0.717) is 24.5 Å². The minimum atomic E-state index is -0.392. The van der Waals surface area contributed by atoms with Gasteiger partial charge in [0, 0.05) is 31.3 Å². The lowest BCUT2D eigenvalue weighted by atomic mass is 10.1. The van der Waals surface area contributed by atoms with Gasteiger partial charge in [-0.2, -0.15) is 0 Å². The second-order valence-electron chi connectivity index (χ2n) is 6.06. The van der Waals surface area contributed by atoms with Crippen LogP contribution in [0.5, 0.6) is 5.75 Å². The Balaban J connectivity index is 1.66. The Hall–Kier alpha value is -2.28. The van der Waals surface area contributed by atoms with Crippen LogP contribution in [0.1, 0.15) is 19.3 Å². The van der Waals surface area contributed by atoms with E-state index in [4.69, 9.17) is 15.2 Å². The highest BCUT2D eigenvalue weighted by Crippen LogP contribution is 2.41. The van der Waals surface area contributed by atoms with E-state index >= 15 is 0 Å². The monoisotopic (exact) mass is 317 g/mol. The number of hydrogen-bond acceptors (Lipinski definition) is 5.